The summed E-state index contributed by atoms with van der Waals surface area (Å²) in [6, 6.07) is 0.659. The van der Waals surface area contributed by atoms with Crippen molar-refractivity contribution in [3.05, 3.63) is 0 Å². The van der Waals surface area contributed by atoms with E-state index in [1.807, 2.05) is 6.92 Å². The lowest BCUT2D eigenvalue weighted by Gasteiger charge is -2.35. The van der Waals surface area contributed by atoms with E-state index in [2.05, 4.69) is 15.5 Å². The van der Waals surface area contributed by atoms with E-state index in [-0.39, 0.29) is 18.1 Å². The standard InChI is InChI=1S/C14H27N3O2/c1-11(19-2)10-16-14(18)13-4-3-9-17(13)12-5-7-15-8-6-12/h11-13,15H,3-10H2,1-2H3,(H,16,18). The summed E-state index contributed by atoms with van der Waals surface area (Å²) in [7, 11) is 1.67. The third-order valence-corrected chi connectivity index (χ3v) is 4.34. The van der Waals surface area contributed by atoms with Crippen LogP contribution in [-0.2, 0) is 9.53 Å². The van der Waals surface area contributed by atoms with Gasteiger partial charge in [-0.2, -0.15) is 0 Å². The van der Waals surface area contributed by atoms with Gasteiger partial charge < -0.3 is 15.4 Å². The summed E-state index contributed by atoms with van der Waals surface area (Å²) in [5.41, 5.74) is 0. The van der Waals surface area contributed by atoms with Crippen LogP contribution in [0.25, 0.3) is 0 Å². The molecule has 110 valence electrons. The Kier molecular flexibility index (Phi) is 5.60. The van der Waals surface area contributed by atoms with E-state index in [1.54, 1.807) is 7.11 Å². The van der Waals surface area contributed by atoms with Crippen molar-refractivity contribution >= 4 is 5.91 Å². The monoisotopic (exact) mass is 269 g/mol. The topological polar surface area (TPSA) is 53.6 Å². The molecule has 2 unspecified atom stereocenters. The Bertz CT molecular complexity index is 292. The number of nitrogens with zero attached hydrogens (tertiary/aromatic N) is 1. The minimum absolute atomic E-state index is 0.0761. The molecule has 2 aliphatic heterocycles. The molecule has 5 nitrogen and oxygen atoms in total. The molecule has 2 fully saturated rings. The molecule has 0 saturated carbocycles. The van der Waals surface area contributed by atoms with Crippen LogP contribution in [0.2, 0.25) is 0 Å². The van der Waals surface area contributed by atoms with Crippen molar-refractivity contribution in [1.82, 2.24) is 15.5 Å². The van der Waals surface area contributed by atoms with Gasteiger partial charge in [-0.1, -0.05) is 0 Å². The maximum Gasteiger partial charge on any atom is 0.237 e. The first-order valence-corrected chi connectivity index (χ1v) is 7.49. The van der Waals surface area contributed by atoms with Crippen molar-refractivity contribution in [3.8, 4) is 0 Å². The third kappa shape index (κ3) is 3.91. The summed E-state index contributed by atoms with van der Waals surface area (Å²) in [4.78, 5) is 14.7. The quantitative estimate of drug-likeness (QED) is 0.756. The molecule has 0 aliphatic carbocycles. The van der Waals surface area contributed by atoms with Crippen molar-refractivity contribution in [2.24, 2.45) is 0 Å². The number of methoxy groups -OCH3 is 1. The summed E-state index contributed by atoms with van der Waals surface area (Å²) in [6.45, 7) is 5.81. The van der Waals surface area contributed by atoms with Gasteiger partial charge in [-0.15, -0.1) is 0 Å². The molecule has 0 spiro atoms. The highest BCUT2D eigenvalue weighted by molar-refractivity contribution is 5.82. The highest BCUT2D eigenvalue weighted by Gasteiger charge is 2.35. The SMILES string of the molecule is COC(C)CNC(=O)C1CCCN1C1CCNCC1. The summed E-state index contributed by atoms with van der Waals surface area (Å²) in [5.74, 6) is 0.180. The summed E-state index contributed by atoms with van der Waals surface area (Å²) in [5, 5.41) is 6.41. The molecule has 0 aromatic carbocycles. The highest BCUT2D eigenvalue weighted by atomic mass is 16.5. The average Bonchev–Trinajstić information content (AvgIpc) is 2.94. The van der Waals surface area contributed by atoms with Crippen LogP contribution in [-0.4, -0.2) is 62.3 Å². The fraction of sp³-hybridized carbons (Fsp3) is 0.929. The van der Waals surface area contributed by atoms with Crippen molar-refractivity contribution in [2.75, 3.05) is 33.3 Å². The number of carbonyl (C=O) groups is 1. The van der Waals surface area contributed by atoms with Crippen LogP contribution in [0.5, 0.6) is 0 Å². The predicted molar refractivity (Wildman–Crippen MR) is 75.1 cm³/mol. The summed E-state index contributed by atoms with van der Waals surface area (Å²) < 4.78 is 5.17. The third-order valence-electron chi connectivity index (χ3n) is 4.34. The molecule has 2 atom stereocenters. The van der Waals surface area contributed by atoms with E-state index in [1.165, 1.54) is 0 Å². The molecule has 0 aromatic rings. The van der Waals surface area contributed by atoms with E-state index in [4.69, 9.17) is 4.74 Å². The van der Waals surface area contributed by atoms with Gasteiger partial charge in [0.15, 0.2) is 0 Å². The summed E-state index contributed by atoms with van der Waals surface area (Å²) in [6.07, 6.45) is 4.55. The highest BCUT2D eigenvalue weighted by Crippen LogP contribution is 2.24. The van der Waals surface area contributed by atoms with Gasteiger partial charge >= 0.3 is 0 Å². The van der Waals surface area contributed by atoms with Gasteiger partial charge in [-0.25, -0.2) is 0 Å². The van der Waals surface area contributed by atoms with Crippen LogP contribution in [0.4, 0.5) is 0 Å². The van der Waals surface area contributed by atoms with Crippen LogP contribution < -0.4 is 10.6 Å². The molecule has 0 radical (unpaired) electrons. The number of likely N-dealkylation sites (tertiary alicyclic amines) is 1. The van der Waals surface area contributed by atoms with Crippen molar-refractivity contribution in [1.29, 1.82) is 0 Å². The number of amides is 1. The zero-order valence-electron chi connectivity index (χ0n) is 12.2. The largest absolute Gasteiger partial charge is 0.380 e. The molecule has 2 heterocycles. The average molecular weight is 269 g/mol. The Morgan fingerprint density at radius 3 is 2.84 bits per heavy atom. The molecule has 2 aliphatic rings. The number of carbonyl (C=O) groups excluding carboxylic acids is 1. The summed E-state index contributed by atoms with van der Waals surface area (Å²) >= 11 is 0. The number of piperidine rings is 1. The first-order valence-electron chi connectivity index (χ1n) is 7.49. The molecule has 1 amide bonds. The Balaban J connectivity index is 1.85. The van der Waals surface area contributed by atoms with Crippen molar-refractivity contribution in [2.45, 2.75) is 50.8 Å². The lowest BCUT2D eigenvalue weighted by atomic mass is 10.0. The molecule has 5 heteroatoms. The number of nitrogens with one attached hydrogen (secondary N) is 2. The molecule has 2 N–H and O–H groups in total. The van der Waals surface area contributed by atoms with Crippen LogP contribution in [0, 0.1) is 0 Å². The van der Waals surface area contributed by atoms with Gasteiger partial charge in [-0.05, 0) is 52.2 Å². The zero-order valence-corrected chi connectivity index (χ0v) is 12.2. The molecule has 0 bridgehead atoms. The second-order valence-corrected chi connectivity index (χ2v) is 5.67. The fourth-order valence-corrected chi connectivity index (χ4v) is 3.09. The molecule has 2 rings (SSSR count). The number of hydrogen-bond acceptors (Lipinski definition) is 4. The normalized spacial score (nSPS) is 27.4. The Labute approximate surface area is 116 Å². The second kappa shape index (κ2) is 7.22. The smallest absolute Gasteiger partial charge is 0.237 e. The van der Waals surface area contributed by atoms with Gasteiger partial charge in [0.2, 0.25) is 5.91 Å². The van der Waals surface area contributed by atoms with Gasteiger partial charge in [0.1, 0.15) is 0 Å². The van der Waals surface area contributed by atoms with Crippen LogP contribution in [0.1, 0.15) is 32.6 Å². The van der Waals surface area contributed by atoms with E-state index in [0.717, 1.165) is 45.3 Å². The molecular weight excluding hydrogens is 242 g/mol. The Hall–Kier alpha value is -0.650. The lowest BCUT2D eigenvalue weighted by molar-refractivity contribution is -0.126. The maximum absolute atomic E-state index is 12.3. The van der Waals surface area contributed by atoms with Gasteiger partial charge in [0.25, 0.3) is 0 Å². The molecule has 19 heavy (non-hydrogen) atoms. The van der Waals surface area contributed by atoms with E-state index in [0.29, 0.717) is 12.6 Å². The van der Waals surface area contributed by atoms with Gasteiger partial charge in [0, 0.05) is 19.7 Å². The first kappa shape index (κ1) is 14.8. The number of rotatable bonds is 5. The fourth-order valence-electron chi connectivity index (χ4n) is 3.09. The molecule has 2 saturated heterocycles. The Morgan fingerprint density at radius 2 is 2.16 bits per heavy atom. The number of ether oxygens (including phenoxy) is 1. The Morgan fingerprint density at radius 1 is 1.42 bits per heavy atom. The molecule has 0 aromatic heterocycles. The van der Waals surface area contributed by atoms with Crippen LogP contribution in [0.3, 0.4) is 0 Å². The maximum atomic E-state index is 12.3. The second-order valence-electron chi connectivity index (χ2n) is 5.67. The minimum Gasteiger partial charge on any atom is -0.380 e. The minimum atomic E-state index is 0.0761. The zero-order chi connectivity index (χ0) is 13.7. The molecular formula is C14H27N3O2. The van der Waals surface area contributed by atoms with Gasteiger partial charge in [-0.3, -0.25) is 9.69 Å². The number of hydrogen-bond donors (Lipinski definition) is 2. The van der Waals surface area contributed by atoms with Crippen molar-refractivity contribution < 1.29 is 9.53 Å². The van der Waals surface area contributed by atoms with Crippen LogP contribution >= 0.6 is 0 Å². The first-order chi connectivity index (χ1) is 9.22. The van der Waals surface area contributed by atoms with Gasteiger partial charge in [0.05, 0.1) is 12.1 Å². The predicted octanol–water partition coefficient (Wildman–Crippen LogP) is 0.354. The van der Waals surface area contributed by atoms with E-state index < -0.39 is 0 Å². The van der Waals surface area contributed by atoms with E-state index in [9.17, 15) is 4.79 Å². The van der Waals surface area contributed by atoms with E-state index >= 15 is 0 Å². The van der Waals surface area contributed by atoms with Crippen LogP contribution in [0.15, 0.2) is 0 Å². The lowest BCUT2D eigenvalue weighted by Crippen LogP contribution is -2.51. The van der Waals surface area contributed by atoms with Crippen molar-refractivity contribution in [3.63, 3.8) is 0 Å².